The van der Waals surface area contributed by atoms with Crippen molar-refractivity contribution in [2.75, 3.05) is 7.05 Å². The largest absolute Gasteiger partial charge is 0.335 e. The smallest absolute Gasteiger partial charge is 0.273 e. The van der Waals surface area contributed by atoms with E-state index in [-0.39, 0.29) is 5.91 Å². The van der Waals surface area contributed by atoms with Crippen molar-refractivity contribution in [1.82, 2.24) is 9.88 Å². The Labute approximate surface area is 109 Å². The van der Waals surface area contributed by atoms with Gasteiger partial charge in [0.25, 0.3) is 5.91 Å². The first kappa shape index (κ1) is 12.3. The van der Waals surface area contributed by atoms with Gasteiger partial charge in [0.15, 0.2) is 0 Å². The fourth-order valence-corrected chi connectivity index (χ4v) is 3.06. The number of rotatable bonds is 3. The summed E-state index contributed by atoms with van der Waals surface area (Å²) >= 11 is 3.19. The van der Waals surface area contributed by atoms with Gasteiger partial charge in [0.2, 0.25) is 0 Å². The highest BCUT2D eigenvalue weighted by Gasteiger charge is 2.15. The molecule has 0 aromatic carbocycles. The molecular formula is C12H14N2OS2. The van der Waals surface area contributed by atoms with Crippen molar-refractivity contribution in [2.45, 2.75) is 20.4 Å². The van der Waals surface area contributed by atoms with E-state index in [1.807, 2.05) is 19.4 Å². The minimum absolute atomic E-state index is 0.0119. The lowest BCUT2D eigenvalue weighted by Gasteiger charge is -2.15. The zero-order valence-electron chi connectivity index (χ0n) is 10.1. The summed E-state index contributed by atoms with van der Waals surface area (Å²) in [5.74, 6) is -0.0119. The second-order valence-corrected chi connectivity index (χ2v) is 6.00. The van der Waals surface area contributed by atoms with E-state index < -0.39 is 0 Å². The van der Waals surface area contributed by atoms with Crippen molar-refractivity contribution in [3.05, 3.63) is 38.0 Å². The van der Waals surface area contributed by atoms with Crippen LogP contribution in [-0.4, -0.2) is 22.8 Å². The molecule has 0 aliphatic rings. The number of carbonyl (C=O) groups is 1. The lowest BCUT2D eigenvalue weighted by Crippen LogP contribution is -2.26. The lowest BCUT2D eigenvalue weighted by molar-refractivity contribution is 0.0781. The molecule has 0 atom stereocenters. The fourth-order valence-electron chi connectivity index (χ4n) is 1.51. The van der Waals surface area contributed by atoms with E-state index in [4.69, 9.17) is 0 Å². The maximum atomic E-state index is 12.1. The number of aryl methyl sites for hydroxylation is 2. The zero-order chi connectivity index (χ0) is 12.4. The maximum absolute atomic E-state index is 12.1. The first-order valence-corrected chi connectivity index (χ1v) is 7.04. The average Bonchev–Trinajstić information content (AvgIpc) is 2.88. The molecule has 0 saturated heterocycles. The molecule has 1 amide bonds. The summed E-state index contributed by atoms with van der Waals surface area (Å²) in [6.45, 7) is 4.63. The quantitative estimate of drug-likeness (QED) is 0.855. The number of hydrogen-bond donors (Lipinski definition) is 0. The Bertz CT molecular complexity index is 530. The van der Waals surface area contributed by atoms with Gasteiger partial charge < -0.3 is 4.90 Å². The number of carbonyl (C=O) groups excluding carboxylic acids is 1. The Hall–Kier alpha value is -1.20. The first-order chi connectivity index (χ1) is 8.08. The normalized spacial score (nSPS) is 10.5. The summed E-state index contributed by atoms with van der Waals surface area (Å²) in [6.07, 6.45) is 0. The second kappa shape index (κ2) is 4.98. The molecule has 0 unspecified atom stereocenters. The van der Waals surface area contributed by atoms with Crippen molar-refractivity contribution in [1.29, 1.82) is 0 Å². The van der Waals surface area contributed by atoms with Gasteiger partial charge in [-0.2, -0.15) is 0 Å². The van der Waals surface area contributed by atoms with E-state index >= 15 is 0 Å². The number of amides is 1. The maximum Gasteiger partial charge on any atom is 0.273 e. The van der Waals surface area contributed by atoms with Crippen molar-refractivity contribution in [3.8, 4) is 0 Å². The fraction of sp³-hybridized carbons (Fsp3) is 0.333. The summed E-state index contributed by atoms with van der Waals surface area (Å²) in [6, 6.07) is 2.07. The minimum atomic E-state index is -0.0119. The molecule has 0 radical (unpaired) electrons. The number of hydrogen-bond acceptors (Lipinski definition) is 4. The van der Waals surface area contributed by atoms with Crippen molar-refractivity contribution in [2.24, 2.45) is 0 Å². The predicted octanol–water partition coefficient (Wildman–Crippen LogP) is 3.09. The van der Waals surface area contributed by atoms with Crippen LogP contribution in [-0.2, 0) is 6.54 Å². The molecule has 0 N–H and O–H groups in total. The molecule has 17 heavy (non-hydrogen) atoms. The van der Waals surface area contributed by atoms with Crippen LogP contribution in [0.2, 0.25) is 0 Å². The Morgan fingerprint density at radius 3 is 2.71 bits per heavy atom. The van der Waals surface area contributed by atoms with E-state index in [1.165, 1.54) is 21.8 Å². The SMILES string of the molecule is Cc1nc(C(=O)N(C)Cc2sccc2C)cs1. The monoisotopic (exact) mass is 266 g/mol. The molecule has 90 valence electrons. The van der Waals surface area contributed by atoms with Crippen LogP contribution in [0.4, 0.5) is 0 Å². The van der Waals surface area contributed by atoms with Crippen molar-refractivity contribution < 1.29 is 4.79 Å². The third kappa shape index (κ3) is 2.73. The molecule has 0 aliphatic carbocycles. The molecule has 2 aromatic rings. The minimum Gasteiger partial charge on any atom is -0.335 e. The standard InChI is InChI=1S/C12H14N2OS2/c1-8-4-5-16-11(8)6-14(3)12(15)10-7-17-9(2)13-10/h4-5,7H,6H2,1-3H3. The molecule has 2 heterocycles. The molecule has 2 rings (SSSR count). The molecule has 0 aliphatic heterocycles. The number of aromatic nitrogens is 1. The van der Waals surface area contributed by atoms with Crippen LogP contribution in [0, 0.1) is 13.8 Å². The van der Waals surface area contributed by atoms with E-state index in [9.17, 15) is 4.79 Å². The molecule has 0 fully saturated rings. The van der Waals surface area contributed by atoms with Gasteiger partial charge in [-0.25, -0.2) is 4.98 Å². The molecule has 0 bridgehead atoms. The van der Waals surface area contributed by atoms with Gasteiger partial charge in [0, 0.05) is 17.3 Å². The van der Waals surface area contributed by atoms with Gasteiger partial charge in [0.1, 0.15) is 5.69 Å². The Morgan fingerprint density at radius 1 is 1.41 bits per heavy atom. The van der Waals surface area contributed by atoms with Gasteiger partial charge in [-0.05, 0) is 30.9 Å². The summed E-state index contributed by atoms with van der Waals surface area (Å²) in [4.78, 5) is 19.2. The van der Waals surface area contributed by atoms with E-state index in [2.05, 4.69) is 23.4 Å². The van der Waals surface area contributed by atoms with Crippen LogP contribution >= 0.6 is 22.7 Å². The van der Waals surface area contributed by atoms with Crippen molar-refractivity contribution in [3.63, 3.8) is 0 Å². The van der Waals surface area contributed by atoms with Crippen LogP contribution in [0.15, 0.2) is 16.8 Å². The average molecular weight is 266 g/mol. The van der Waals surface area contributed by atoms with Crippen LogP contribution in [0.1, 0.15) is 25.9 Å². The summed E-state index contributed by atoms with van der Waals surface area (Å²) in [7, 11) is 1.82. The highest BCUT2D eigenvalue weighted by molar-refractivity contribution is 7.10. The number of thiophene rings is 1. The van der Waals surface area contributed by atoms with Gasteiger partial charge in [0.05, 0.1) is 11.6 Å². The van der Waals surface area contributed by atoms with Crippen molar-refractivity contribution >= 4 is 28.6 Å². The van der Waals surface area contributed by atoms with E-state index in [0.717, 1.165) is 5.01 Å². The third-order valence-electron chi connectivity index (χ3n) is 2.53. The first-order valence-electron chi connectivity index (χ1n) is 5.28. The van der Waals surface area contributed by atoms with E-state index in [0.29, 0.717) is 12.2 Å². The topological polar surface area (TPSA) is 33.2 Å². The summed E-state index contributed by atoms with van der Waals surface area (Å²) in [5.41, 5.74) is 1.79. The van der Waals surface area contributed by atoms with Crippen LogP contribution in [0.5, 0.6) is 0 Å². The molecule has 3 nitrogen and oxygen atoms in total. The molecule has 0 spiro atoms. The van der Waals surface area contributed by atoms with E-state index in [1.54, 1.807) is 16.2 Å². The molecule has 2 aromatic heterocycles. The highest BCUT2D eigenvalue weighted by atomic mass is 32.1. The number of thiazole rings is 1. The Morgan fingerprint density at radius 2 is 2.18 bits per heavy atom. The van der Waals surface area contributed by atoms with Crippen LogP contribution in [0.3, 0.4) is 0 Å². The molecular weight excluding hydrogens is 252 g/mol. The molecule has 5 heteroatoms. The Kier molecular flexibility index (Phi) is 3.59. The summed E-state index contributed by atoms with van der Waals surface area (Å²) in [5, 5.41) is 4.79. The lowest BCUT2D eigenvalue weighted by atomic mass is 10.3. The van der Waals surface area contributed by atoms with Gasteiger partial charge in [-0.1, -0.05) is 0 Å². The third-order valence-corrected chi connectivity index (χ3v) is 4.32. The van der Waals surface area contributed by atoms with Crippen LogP contribution < -0.4 is 0 Å². The Balaban J connectivity index is 2.08. The second-order valence-electron chi connectivity index (χ2n) is 3.94. The van der Waals surface area contributed by atoms with Gasteiger partial charge in [-0.3, -0.25) is 4.79 Å². The highest BCUT2D eigenvalue weighted by Crippen LogP contribution is 2.18. The predicted molar refractivity (Wildman–Crippen MR) is 71.7 cm³/mol. The van der Waals surface area contributed by atoms with Crippen LogP contribution in [0.25, 0.3) is 0 Å². The zero-order valence-corrected chi connectivity index (χ0v) is 11.7. The van der Waals surface area contributed by atoms with Gasteiger partial charge >= 0.3 is 0 Å². The van der Waals surface area contributed by atoms with Gasteiger partial charge in [-0.15, -0.1) is 22.7 Å². The molecule has 0 saturated carbocycles. The number of nitrogens with zero attached hydrogens (tertiary/aromatic N) is 2. The summed E-state index contributed by atoms with van der Waals surface area (Å²) < 4.78 is 0.